The zero-order valence-electron chi connectivity index (χ0n) is 9.88. The Labute approximate surface area is 106 Å². The molecular formula is C11H10FN3O4. The lowest BCUT2D eigenvalue weighted by Crippen LogP contribution is -2.26. The summed E-state index contributed by atoms with van der Waals surface area (Å²) in [6, 6.07) is 2.44. The first-order chi connectivity index (χ1) is 8.99. The number of imidazole rings is 1. The number of benzene rings is 1. The van der Waals surface area contributed by atoms with Crippen LogP contribution in [0.15, 0.2) is 18.5 Å². The number of hydrogen-bond acceptors (Lipinski definition) is 4. The fraction of sp³-hybridized carbons (Fsp3) is 0.182. The first-order valence-corrected chi connectivity index (χ1v) is 5.23. The van der Waals surface area contributed by atoms with Crippen molar-refractivity contribution in [1.29, 1.82) is 0 Å². The van der Waals surface area contributed by atoms with Crippen molar-refractivity contribution in [1.82, 2.24) is 15.0 Å². The molecule has 2 aromatic rings. The second-order valence-electron chi connectivity index (χ2n) is 3.79. The van der Waals surface area contributed by atoms with Crippen molar-refractivity contribution in [3.05, 3.63) is 29.8 Å². The topological polar surface area (TPSA) is 93.5 Å². The van der Waals surface area contributed by atoms with E-state index >= 15 is 0 Å². The molecule has 0 spiro atoms. The van der Waals surface area contributed by atoms with Crippen LogP contribution in [0, 0.1) is 5.82 Å². The summed E-state index contributed by atoms with van der Waals surface area (Å²) < 4.78 is 15.2. The summed E-state index contributed by atoms with van der Waals surface area (Å²) in [6.45, 7) is -0.678. The van der Waals surface area contributed by atoms with Crippen LogP contribution in [-0.4, -0.2) is 33.1 Å². The fourth-order valence-electron chi connectivity index (χ4n) is 1.54. The number of halogens is 1. The van der Waals surface area contributed by atoms with Crippen LogP contribution in [0.4, 0.5) is 4.39 Å². The Morgan fingerprint density at radius 2 is 2.26 bits per heavy atom. The maximum atomic E-state index is 13.7. The molecule has 1 amide bonds. The number of nitrogens with zero attached hydrogens (tertiary/aromatic N) is 2. The van der Waals surface area contributed by atoms with Crippen molar-refractivity contribution in [2.75, 3.05) is 6.61 Å². The minimum absolute atomic E-state index is 0.0130. The lowest BCUT2D eigenvalue weighted by atomic mass is 10.2. The minimum atomic E-state index is -1.23. The summed E-state index contributed by atoms with van der Waals surface area (Å²) in [5.74, 6) is -2.60. The van der Waals surface area contributed by atoms with Gasteiger partial charge in [-0.3, -0.25) is 9.63 Å². The normalized spacial score (nSPS) is 10.6. The van der Waals surface area contributed by atoms with Gasteiger partial charge in [0.1, 0.15) is 5.52 Å². The first-order valence-electron chi connectivity index (χ1n) is 5.23. The van der Waals surface area contributed by atoms with E-state index in [2.05, 4.69) is 9.82 Å². The Hall–Kier alpha value is -2.48. The molecule has 2 N–H and O–H groups in total. The molecule has 100 valence electrons. The molecule has 0 radical (unpaired) electrons. The highest BCUT2D eigenvalue weighted by Crippen LogP contribution is 2.18. The van der Waals surface area contributed by atoms with Crippen LogP contribution in [0.2, 0.25) is 0 Å². The van der Waals surface area contributed by atoms with Gasteiger partial charge in [0.15, 0.2) is 12.4 Å². The van der Waals surface area contributed by atoms with Crippen LogP contribution < -0.4 is 5.48 Å². The Morgan fingerprint density at radius 1 is 1.53 bits per heavy atom. The van der Waals surface area contributed by atoms with E-state index < -0.39 is 24.3 Å². The predicted octanol–water partition coefficient (Wildman–Crippen LogP) is 0.458. The summed E-state index contributed by atoms with van der Waals surface area (Å²) in [7, 11) is 1.66. The summed E-state index contributed by atoms with van der Waals surface area (Å²) in [6.07, 6.45) is 1.43. The number of carboxylic acids is 1. The molecular weight excluding hydrogens is 257 g/mol. The molecule has 0 unspecified atom stereocenters. The number of carboxylic acid groups (broad SMARTS) is 1. The molecule has 0 aliphatic rings. The van der Waals surface area contributed by atoms with E-state index in [1.807, 2.05) is 5.48 Å². The Kier molecular flexibility index (Phi) is 3.43. The number of hydroxylamine groups is 1. The number of aryl methyl sites for hydroxylation is 1. The van der Waals surface area contributed by atoms with Crippen LogP contribution in [-0.2, 0) is 16.7 Å². The summed E-state index contributed by atoms with van der Waals surface area (Å²) >= 11 is 0. The predicted molar refractivity (Wildman–Crippen MR) is 61.7 cm³/mol. The molecule has 0 bridgehead atoms. The molecule has 1 aromatic carbocycles. The van der Waals surface area contributed by atoms with Gasteiger partial charge in [-0.25, -0.2) is 19.6 Å². The lowest BCUT2D eigenvalue weighted by Gasteiger charge is -2.05. The highest BCUT2D eigenvalue weighted by molar-refractivity contribution is 5.97. The fourth-order valence-corrected chi connectivity index (χ4v) is 1.54. The Morgan fingerprint density at radius 3 is 2.95 bits per heavy atom. The Balaban J connectivity index is 2.22. The number of carbonyl (C=O) groups is 2. The zero-order valence-corrected chi connectivity index (χ0v) is 9.88. The van der Waals surface area contributed by atoms with Crippen molar-refractivity contribution >= 4 is 22.9 Å². The summed E-state index contributed by atoms with van der Waals surface area (Å²) in [5, 5.41) is 8.34. The lowest BCUT2D eigenvalue weighted by molar-refractivity contribution is -0.144. The zero-order chi connectivity index (χ0) is 14.0. The Bertz CT molecular complexity index is 653. The number of amides is 1. The van der Waals surface area contributed by atoms with Gasteiger partial charge in [0, 0.05) is 12.6 Å². The number of rotatable bonds is 4. The summed E-state index contributed by atoms with van der Waals surface area (Å²) in [4.78, 5) is 30.1. The average molecular weight is 267 g/mol. The van der Waals surface area contributed by atoms with E-state index in [4.69, 9.17) is 5.11 Å². The van der Waals surface area contributed by atoms with E-state index in [9.17, 15) is 14.0 Å². The van der Waals surface area contributed by atoms with Crippen LogP contribution in [0.1, 0.15) is 10.4 Å². The van der Waals surface area contributed by atoms with E-state index in [1.165, 1.54) is 12.4 Å². The third kappa shape index (κ3) is 2.68. The molecule has 0 aliphatic heterocycles. The maximum Gasteiger partial charge on any atom is 0.332 e. The monoisotopic (exact) mass is 267 g/mol. The maximum absolute atomic E-state index is 13.7. The van der Waals surface area contributed by atoms with Gasteiger partial charge in [-0.15, -0.1) is 0 Å². The molecule has 7 nitrogen and oxygen atoms in total. The second-order valence-corrected chi connectivity index (χ2v) is 3.79. The number of nitrogens with one attached hydrogen (secondary N) is 1. The molecule has 8 heteroatoms. The third-order valence-electron chi connectivity index (χ3n) is 2.41. The molecule has 0 atom stereocenters. The van der Waals surface area contributed by atoms with Gasteiger partial charge in [-0.2, -0.15) is 0 Å². The van der Waals surface area contributed by atoms with E-state index in [-0.39, 0.29) is 11.1 Å². The highest BCUT2D eigenvalue weighted by atomic mass is 19.1. The van der Waals surface area contributed by atoms with Gasteiger partial charge in [0.05, 0.1) is 11.8 Å². The molecule has 2 rings (SSSR count). The molecule has 1 heterocycles. The number of fused-ring (bicyclic) bond motifs is 1. The third-order valence-corrected chi connectivity index (χ3v) is 2.41. The van der Waals surface area contributed by atoms with Gasteiger partial charge >= 0.3 is 5.97 Å². The standard InChI is InChI=1S/C11H10FN3O4/c1-15-5-13-10-7(12)2-6(3-8(10)15)11(18)14-19-4-9(16)17/h2-3,5H,4H2,1H3,(H,14,18)(H,16,17). The molecule has 0 saturated heterocycles. The number of aliphatic carboxylic acids is 1. The van der Waals surface area contributed by atoms with Crippen LogP contribution >= 0.6 is 0 Å². The smallest absolute Gasteiger partial charge is 0.332 e. The van der Waals surface area contributed by atoms with Crippen LogP contribution in [0.5, 0.6) is 0 Å². The quantitative estimate of drug-likeness (QED) is 0.785. The van der Waals surface area contributed by atoms with Crippen molar-refractivity contribution < 1.29 is 23.9 Å². The molecule has 1 aromatic heterocycles. The van der Waals surface area contributed by atoms with Gasteiger partial charge in [0.25, 0.3) is 5.91 Å². The largest absolute Gasteiger partial charge is 0.479 e. The number of carbonyl (C=O) groups excluding carboxylic acids is 1. The van der Waals surface area contributed by atoms with Crippen molar-refractivity contribution in [3.8, 4) is 0 Å². The number of aromatic nitrogens is 2. The molecule has 19 heavy (non-hydrogen) atoms. The van der Waals surface area contributed by atoms with Gasteiger partial charge in [0.2, 0.25) is 0 Å². The molecule has 0 fully saturated rings. The van der Waals surface area contributed by atoms with E-state index in [1.54, 1.807) is 11.6 Å². The highest BCUT2D eigenvalue weighted by Gasteiger charge is 2.13. The molecule has 0 saturated carbocycles. The summed E-state index contributed by atoms with van der Waals surface area (Å²) in [5.41, 5.74) is 2.54. The van der Waals surface area contributed by atoms with Crippen molar-refractivity contribution in [3.63, 3.8) is 0 Å². The first kappa shape index (κ1) is 13.0. The van der Waals surface area contributed by atoms with Crippen LogP contribution in [0.25, 0.3) is 11.0 Å². The second kappa shape index (κ2) is 5.02. The van der Waals surface area contributed by atoms with E-state index in [0.717, 1.165) is 6.07 Å². The van der Waals surface area contributed by atoms with Gasteiger partial charge < -0.3 is 9.67 Å². The number of hydrogen-bond donors (Lipinski definition) is 2. The minimum Gasteiger partial charge on any atom is -0.479 e. The van der Waals surface area contributed by atoms with Crippen LogP contribution in [0.3, 0.4) is 0 Å². The van der Waals surface area contributed by atoms with E-state index in [0.29, 0.717) is 5.52 Å². The van der Waals surface area contributed by atoms with Gasteiger partial charge in [-0.1, -0.05) is 0 Å². The van der Waals surface area contributed by atoms with Gasteiger partial charge in [-0.05, 0) is 12.1 Å². The molecule has 0 aliphatic carbocycles. The van der Waals surface area contributed by atoms with Crippen molar-refractivity contribution in [2.45, 2.75) is 0 Å². The SMILES string of the molecule is Cn1cnc2c(F)cc(C(=O)NOCC(=O)O)cc21. The van der Waals surface area contributed by atoms with Crippen molar-refractivity contribution in [2.24, 2.45) is 7.05 Å². The average Bonchev–Trinajstić information content (AvgIpc) is 2.71.